The van der Waals surface area contributed by atoms with Crippen LogP contribution in [0, 0.1) is 0 Å². The maximum atomic E-state index is 5.62. The minimum atomic E-state index is 0.395. The summed E-state index contributed by atoms with van der Waals surface area (Å²) in [4.78, 5) is 0. The summed E-state index contributed by atoms with van der Waals surface area (Å²) in [6, 6.07) is 18.2. The van der Waals surface area contributed by atoms with Crippen LogP contribution in [0.25, 0.3) is 11.8 Å². The Morgan fingerprint density at radius 2 is 1.80 bits per heavy atom. The summed E-state index contributed by atoms with van der Waals surface area (Å²) in [5, 5.41) is 3.20. The molecular weight excluding hydrogens is 248 g/mol. The van der Waals surface area contributed by atoms with E-state index in [0.29, 0.717) is 13.3 Å². The maximum Gasteiger partial charge on any atom is 0.119 e. The van der Waals surface area contributed by atoms with Gasteiger partial charge in [-0.3, -0.25) is 0 Å². The van der Waals surface area contributed by atoms with Gasteiger partial charge in [-0.1, -0.05) is 30.3 Å². The molecule has 0 heterocycles. The summed E-state index contributed by atoms with van der Waals surface area (Å²) < 4.78 is 5.45. The number of hydrogen-bond donors (Lipinski definition) is 2. The van der Waals surface area contributed by atoms with Crippen molar-refractivity contribution < 1.29 is 4.74 Å². The molecule has 2 rings (SSSR count). The van der Waals surface area contributed by atoms with E-state index in [0.717, 1.165) is 22.6 Å². The normalized spacial score (nSPS) is 11.2. The third-order valence-electron chi connectivity index (χ3n) is 2.88. The third-order valence-corrected chi connectivity index (χ3v) is 2.88. The Hall–Kier alpha value is -2.26. The smallest absolute Gasteiger partial charge is 0.119 e. The van der Waals surface area contributed by atoms with Crippen molar-refractivity contribution in [3.05, 3.63) is 65.7 Å². The SMILES string of the molecule is CCOc1ccc(/C(=C\c2ccccc2)NCN)cc1. The van der Waals surface area contributed by atoms with Gasteiger partial charge in [-0.05, 0) is 48.4 Å². The van der Waals surface area contributed by atoms with Crippen molar-refractivity contribution in [2.24, 2.45) is 5.73 Å². The summed E-state index contributed by atoms with van der Waals surface area (Å²) in [5.41, 5.74) is 8.85. The number of nitrogens with one attached hydrogen (secondary N) is 1. The summed E-state index contributed by atoms with van der Waals surface area (Å²) >= 11 is 0. The van der Waals surface area contributed by atoms with Gasteiger partial charge in [0, 0.05) is 5.70 Å². The first-order valence-corrected chi connectivity index (χ1v) is 6.77. The Bertz CT molecular complexity index is 547. The monoisotopic (exact) mass is 268 g/mol. The largest absolute Gasteiger partial charge is 0.494 e. The van der Waals surface area contributed by atoms with Crippen LogP contribution in [0.2, 0.25) is 0 Å². The fourth-order valence-electron chi connectivity index (χ4n) is 1.96. The van der Waals surface area contributed by atoms with E-state index in [1.54, 1.807) is 0 Å². The van der Waals surface area contributed by atoms with Gasteiger partial charge < -0.3 is 15.8 Å². The van der Waals surface area contributed by atoms with Gasteiger partial charge in [0.1, 0.15) is 5.75 Å². The van der Waals surface area contributed by atoms with Crippen LogP contribution in [0.1, 0.15) is 18.1 Å². The molecule has 0 amide bonds. The van der Waals surface area contributed by atoms with Crippen LogP contribution < -0.4 is 15.8 Å². The van der Waals surface area contributed by atoms with Crippen LogP contribution in [0.15, 0.2) is 54.6 Å². The van der Waals surface area contributed by atoms with E-state index in [4.69, 9.17) is 10.5 Å². The minimum absolute atomic E-state index is 0.395. The van der Waals surface area contributed by atoms with Crippen LogP contribution in [0.3, 0.4) is 0 Å². The molecule has 104 valence electrons. The second-order valence-corrected chi connectivity index (χ2v) is 4.31. The second-order valence-electron chi connectivity index (χ2n) is 4.31. The van der Waals surface area contributed by atoms with Crippen molar-refractivity contribution >= 4 is 11.8 Å². The zero-order valence-corrected chi connectivity index (χ0v) is 11.7. The number of benzene rings is 2. The lowest BCUT2D eigenvalue weighted by molar-refractivity contribution is 0.340. The molecule has 0 spiro atoms. The number of ether oxygens (including phenoxy) is 1. The van der Waals surface area contributed by atoms with Crippen LogP contribution in [-0.2, 0) is 0 Å². The van der Waals surface area contributed by atoms with E-state index < -0.39 is 0 Å². The van der Waals surface area contributed by atoms with E-state index in [-0.39, 0.29) is 0 Å². The lowest BCUT2D eigenvalue weighted by atomic mass is 10.1. The van der Waals surface area contributed by atoms with Crippen molar-refractivity contribution in [3.63, 3.8) is 0 Å². The van der Waals surface area contributed by atoms with Crippen molar-refractivity contribution in [1.82, 2.24) is 5.32 Å². The molecule has 0 saturated heterocycles. The first-order valence-electron chi connectivity index (χ1n) is 6.77. The molecule has 0 aliphatic heterocycles. The first kappa shape index (κ1) is 14.2. The lowest BCUT2D eigenvalue weighted by Crippen LogP contribution is -2.20. The zero-order chi connectivity index (χ0) is 14.2. The first-order chi connectivity index (χ1) is 9.83. The average molecular weight is 268 g/mol. The predicted molar refractivity (Wildman–Crippen MR) is 84.1 cm³/mol. The van der Waals surface area contributed by atoms with Crippen LogP contribution >= 0.6 is 0 Å². The van der Waals surface area contributed by atoms with Gasteiger partial charge in [0.15, 0.2) is 0 Å². The molecule has 20 heavy (non-hydrogen) atoms. The van der Waals surface area contributed by atoms with Gasteiger partial charge in [-0.25, -0.2) is 0 Å². The summed E-state index contributed by atoms with van der Waals surface area (Å²) in [7, 11) is 0. The van der Waals surface area contributed by atoms with Crippen molar-refractivity contribution in [3.8, 4) is 5.75 Å². The van der Waals surface area contributed by atoms with E-state index >= 15 is 0 Å². The highest BCUT2D eigenvalue weighted by Gasteiger charge is 2.01. The van der Waals surface area contributed by atoms with Crippen LogP contribution in [-0.4, -0.2) is 13.3 Å². The Labute approximate surface area is 120 Å². The standard InChI is InChI=1S/C17H20N2O/c1-2-20-16-10-8-15(9-11-16)17(19-13-18)12-14-6-4-3-5-7-14/h3-12,19H,2,13,18H2,1H3/b17-12+. The minimum Gasteiger partial charge on any atom is -0.494 e. The quantitative estimate of drug-likeness (QED) is 0.625. The fourth-order valence-corrected chi connectivity index (χ4v) is 1.96. The highest BCUT2D eigenvalue weighted by Crippen LogP contribution is 2.19. The molecule has 0 aliphatic carbocycles. The number of nitrogens with two attached hydrogens (primary N) is 1. The molecule has 0 aliphatic rings. The summed E-state index contributed by atoms with van der Waals surface area (Å²) in [5.74, 6) is 0.878. The maximum absolute atomic E-state index is 5.62. The number of hydrogen-bond acceptors (Lipinski definition) is 3. The molecule has 3 heteroatoms. The van der Waals surface area contributed by atoms with E-state index in [9.17, 15) is 0 Å². The van der Waals surface area contributed by atoms with E-state index in [2.05, 4.69) is 23.5 Å². The van der Waals surface area contributed by atoms with Crippen molar-refractivity contribution in [2.75, 3.05) is 13.3 Å². The average Bonchev–Trinajstić information content (AvgIpc) is 2.49. The van der Waals surface area contributed by atoms with E-state index in [1.165, 1.54) is 0 Å². The molecule has 0 aromatic heterocycles. The molecule has 0 saturated carbocycles. The van der Waals surface area contributed by atoms with Gasteiger partial charge in [0.05, 0.1) is 13.3 Å². The van der Waals surface area contributed by atoms with Gasteiger partial charge in [0.2, 0.25) is 0 Å². The molecule has 0 unspecified atom stereocenters. The highest BCUT2D eigenvalue weighted by molar-refractivity contribution is 5.80. The van der Waals surface area contributed by atoms with Gasteiger partial charge >= 0.3 is 0 Å². The zero-order valence-electron chi connectivity index (χ0n) is 11.7. The third kappa shape index (κ3) is 3.87. The second kappa shape index (κ2) is 7.36. The van der Waals surface area contributed by atoms with Gasteiger partial charge in [-0.15, -0.1) is 0 Å². The van der Waals surface area contributed by atoms with Crippen molar-refractivity contribution in [2.45, 2.75) is 6.92 Å². The Morgan fingerprint density at radius 3 is 2.40 bits per heavy atom. The molecule has 0 fully saturated rings. The Morgan fingerprint density at radius 1 is 1.10 bits per heavy atom. The molecule has 2 aromatic rings. The lowest BCUT2D eigenvalue weighted by Gasteiger charge is -2.11. The molecule has 3 nitrogen and oxygen atoms in total. The molecule has 0 radical (unpaired) electrons. The van der Waals surface area contributed by atoms with Crippen molar-refractivity contribution in [1.29, 1.82) is 0 Å². The summed E-state index contributed by atoms with van der Waals surface area (Å²) in [6.45, 7) is 3.05. The molecular formula is C17H20N2O. The van der Waals surface area contributed by atoms with Gasteiger partial charge in [-0.2, -0.15) is 0 Å². The Balaban J connectivity index is 2.26. The predicted octanol–water partition coefficient (Wildman–Crippen LogP) is 3.09. The highest BCUT2D eigenvalue weighted by atomic mass is 16.5. The van der Waals surface area contributed by atoms with Crippen LogP contribution in [0.5, 0.6) is 5.75 Å². The molecule has 0 bridgehead atoms. The Kier molecular flexibility index (Phi) is 5.21. The topological polar surface area (TPSA) is 47.3 Å². The van der Waals surface area contributed by atoms with Crippen LogP contribution in [0.4, 0.5) is 0 Å². The van der Waals surface area contributed by atoms with E-state index in [1.807, 2.05) is 49.4 Å². The number of rotatable bonds is 6. The molecule has 2 aromatic carbocycles. The van der Waals surface area contributed by atoms with Gasteiger partial charge in [0.25, 0.3) is 0 Å². The molecule has 3 N–H and O–H groups in total. The fraction of sp³-hybridized carbons (Fsp3) is 0.176. The summed E-state index contributed by atoms with van der Waals surface area (Å²) in [6.07, 6.45) is 2.09. The molecule has 0 atom stereocenters.